The van der Waals surface area contributed by atoms with E-state index in [0.29, 0.717) is 10.9 Å². The molecule has 0 aliphatic heterocycles. The molecule has 1 aromatic carbocycles. The number of rotatable bonds is 3. The van der Waals surface area contributed by atoms with Crippen LogP contribution in [0, 0.1) is 13.8 Å². The summed E-state index contributed by atoms with van der Waals surface area (Å²) in [5.74, 6) is 0.640. The fraction of sp³-hybridized carbons (Fsp3) is 0.214. The summed E-state index contributed by atoms with van der Waals surface area (Å²) < 4.78 is 0. The largest absolute Gasteiger partial charge is 0.389 e. The van der Waals surface area contributed by atoms with E-state index >= 15 is 0 Å². The van der Waals surface area contributed by atoms with E-state index in [4.69, 9.17) is 18.0 Å². The Morgan fingerprint density at radius 3 is 2.32 bits per heavy atom. The van der Waals surface area contributed by atoms with Crippen molar-refractivity contribution < 1.29 is 0 Å². The Bertz CT molecular complexity index is 604. The fourth-order valence-corrected chi connectivity index (χ4v) is 2.11. The predicted octanol–water partition coefficient (Wildman–Crippen LogP) is 2.50. The van der Waals surface area contributed by atoms with E-state index in [1.807, 2.05) is 56.1 Å². The summed E-state index contributed by atoms with van der Waals surface area (Å²) in [5.41, 5.74) is 9.34. The normalized spacial score (nSPS) is 10.3. The topological polar surface area (TPSA) is 55.0 Å². The summed E-state index contributed by atoms with van der Waals surface area (Å²) in [7, 11) is 1.91. The molecule has 0 spiro atoms. The summed E-state index contributed by atoms with van der Waals surface area (Å²) >= 11 is 5.08. The van der Waals surface area contributed by atoms with E-state index in [0.717, 1.165) is 22.6 Å². The molecule has 0 amide bonds. The molecule has 1 aromatic heterocycles. The van der Waals surface area contributed by atoms with Gasteiger partial charge in [-0.3, -0.25) is 0 Å². The van der Waals surface area contributed by atoms with Gasteiger partial charge in [-0.1, -0.05) is 24.4 Å². The van der Waals surface area contributed by atoms with Crippen LogP contribution in [0.2, 0.25) is 0 Å². The molecule has 0 unspecified atom stereocenters. The fourth-order valence-electron chi connectivity index (χ4n) is 1.94. The monoisotopic (exact) mass is 272 g/mol. The van der Waals surface area contributed by atoms with Crippen molar-refractivity contribution >= 4 is 28.8 Å². The third-order valence-electron chi connectivity index (χ3n) is 2.80. The van der Waals surface area contributed by atoms with Crippen LogP contribution in [0.4, 0.5) is 11.6 Å². The Balaban J connectivity index is 2.49. The van der Waals surface area contributed by atoms with Gasteiger partial charge in [-0.15, -0.1) is 0 Å². The first-order chi connectivity index (χ1) is 8.99. The minimum atomic E-state index is 0.367. The standard InChI is InChI=1S/C14H16N4S/c1-9-8-10(2)17-14(16-9)18(3)12-7-5-4-6-11(12)13(15)19/h4-8H,1-3H3,(H2,15,19). The van der Waals surface area contributed by atoms with Gasteiger partial charge in [0, 0.05) is 24.0 Å². The van der Waals surface area contributed by atoms with Gasteiger partial charge in [0.15, 0.2) is 0 Å². The molecular weight excluding hydrogens is 256 g/mol. The van der Waals surface area contributed by atoms with Crippen LogP contribution in [0.25, 0.3) is 0 Å². The summed E-state index contributed by atoms with van der Waals surface area (Å²) in [6.45, 7) is 3.90. The number of hydrogen-bond donors (Lipinski definition) is 1. The molecule has 19 heavy (non-hydrogen) atoms. The van der Waals surface area contributed by atoms with Crippen LogP contribution < -0.4 is 10.6 Å². The maximum atomic E-state index is 5.75. The van der Waals surface area contributed by atoms with Crippen LogP contribution in [0.5, 0.6) is 0 Å². The van der Waals surface area contributed by atoms with Gasteiger partial charge in [0.1, 0.15) is 4.99 Å². The Labute approximate surface area is 118 Å². The zero-order valence-corrected chi connectivity index (χ0v) is 12.0. The van der Waals surface area contributed by atoms with E-state index in [-0.39, 0.29) is 0 Å². The summed E-state index contributed by atoms with van der Waals surface area (Å²) in [5, 5.41) is 0. The van der Waals surface area contributed by atoms with Crippen molar-refractivity contribution in [3.8, 4) is 0 Å². The number of aryl methyl sites for hydroxylation is 2. The zero-order chi connectivity index (χ0) is 14.0. The molecule has 2 aromatic rings. The Kier molecular flexibility index (Phi) is 3.76. The molecule has 1 heterocycles. The van der Waals surface area contributed by atoms with Crippen LogP contribution in [0.3, 0.4) is 0 Å². The summed E-state index contributed by atoms with van der Waals surface area (Å²) in [4.78, 5) is 11.1. The summed E-state index contributed by atoms with van der Waals surface area (Å²) in [6.07, 6.45) is 0. The Morgan fingerprint density at radius 2 is 1.74 bits per heavy atom. The molecule has 0 saturated carbocycles. The van der Waals surface area contributed by atoms with Crippen molar-refractivity contribution in [2.24, 2.45) is 5.73 Å². The number of benzene rings is 1. The number of nitrogens with two attached hydrogens (primary N) is 1. The van der Waals surface area contributed by atoms with Crippen LogP contribution in [-0.2, 0) is 0 Å². The molecule has 98 valence electrons. The van der Waals surface area contributed by atoms with Crippen LogP contribution in [-0.4, -0.2) is 22.0 Å². The van der Waals surface area contributed by atoms with E-state index in [2.05, 4.69) is 9.97 Å². The minimum Gasteiger partial charge on any atom is -0.389 e. The first-order valence-electron chi connectivity index (χ1n) is 5.94. The first kappa shape index (κ1) is 13.4. The number of anilines is 2. The van der Waals surface area contributed by atoms with Gasteiger partial charge < -0.3 is 10.6 Å². The molecule has 5 heteroatoms. The van der Waals surface area contributed by atoms with Gasteiger partial charge in [-0.2, -0.15) is 0 Å². The molecule has 2 rings (SSSR count). The van der Waals surface area contributed by atoms with Crippen LogP contribution in [0.15, 0.2) is 30.3 Å². The number of hydrogen-bond acceptors (Lipinski definition) is 4. The van der Waals surface area contributed by atoms with E-state index < -0.39 is 0 Å². The number of nitrogens with zero attached hydrogens (tertiary/aromatic N) is 3. The average molecular weight is 272 g/mol. The molecule has 0 bridgehead atoms. The van der Waals surface area contributed by atoms with Crippen LogP contribution in [0.1, 0.15) is 17.0 Å². The average Bonchev–Trinajstić information content (AvgIpc) is 2.36. The first-order valence-corrected chi connectivity index (χ1v) is 6.34. The van der Waals surface area contributed by atoms with Crippen LogP contribution >= 0.6 is 12.2 Å². The second-order valence-electron chi connectivity index (χ2n) is 4.39. The SMILES string of the molecule is Cc1cc(C)nc(N(C)c2ccccc2C(N)=S)n1. The quantitative estimate of drug-likeness (QED) is 0.870. The third kappa shape index (κ3) is 2.88. The molecule has 4 nitrogen and oxygen atoms in total. The van der Waals surface area contributed by atoms with Crippen molar-refractivity contribution in [1.82, 2.24) is 9.97 Å². The Hall–Kier alpha value is -2.01. The highest BCUT2D eigenvalue weighted by Gasteiger charge is 2.13. The lowest BCUT2D eigenvalue weighted by Gasteiger charge is -2.20. The van der Waals surface area contributed by atoms with Crippen molar-refractivity contribution in [2.45, 2.75) is 13.8 Å². The molecule has 2 N–H and O–H groups in total. The number of thiocarbonyl (C=S) groups is 1. The lowest BCUT2D eigenvalue weighted by atomic mass is 10.1. The lowest BCUT2D eigenvalue weighted by molar-refractivity contribution is 0.986. The molecule has 0 radical (unpaired) electrons. The molecule has 0 fully saturated rings. The van der Waals surface area contributed by atoms with Gasteiger partial charge in [0.05, 0.1) is 5.69 Å². The highest BCUT2D eigenvalue weighted by atomic mass is 32.1. The van der Waals surface area contributed by atoms with Gasteiger partial charge >= 0.3 is 0 Å². The zero-order valence-electron chi connectivity index (χ0n) is 11.2. The van der Waals surface area contributed by atoms with Gasteiger partial charge in [0.2, 0.25) is 5.95 Å². The van der Waals surface area contributed by atoms with E-state index in [1.54, 1.807) is 0 Å². The van der Waals surface area contributed by atoms with Crippen molar-refractivity contribution in [3.63, 3.8) is 0 Å². The van der Waals surface area contributed by atoms with Gasteiger partial charge in [-0.05, 0) is 32.0 Å². The Morgan fingerprint density at radius 1 is 1.16 bits per heavy atom. The highest BCUT2D eigenvalue weighted by Crippen LogP contribution is 2.24. The molecule has 0 atom stereocenters. The number of aromatic nitrogens is 2. The molecule has 0 aliphatic rings. The maximum Gasteiger partial charge on any atom is 0.230 e. The third-order valence-corrected chi connectivity index (χ3v) is 3.02. The second kappa shape index (κ2) is 5.32. The second-order valence-corrected chi connectivity index (χ2v) is 4.83. The predicted molar refractivity (Wildman–Crippen MR) is 81.9 cm³/mol. The summed E-state index contributed by atoms with van der Waals surface area (Å²) in [6, 6.07) is 9.65. The lowest BCUT2D eigenvalue weighted by Crippen LogP contribution is -2.19. The van der Waals surface area contributed by atoms with E-state index in [1.165, 1.54) is 0 Å². The van der Waals surface area contributed by atoms with Crippen molar-refractivity contribution in [2.75, 3.05) is 11.9 Å². The smallest absolute Gasteiger partial charge is 0.230 e. The molecule has 0 aliphatic carbocycles. The van der Waals surface area contributed by atoms with Crippen molar-refractivity contribution in [3.05, 3.63) is 47.3 Å². The highest BCUT2D eigenvalue weighted by molar-refractivity contribution is 7.80. The van der Waals surface area contributed by atoms with Crippen molar-refractivity contribution in [1.29, 1.82) is 0 Å². The van der Waals surface area contributed by atoms with Gasteiger partial charge in [-0.25, -0.2) is 9.97 Å². The maximum absolute atomic E-state index is 5.75. The molecular formula is C14H16N4S. The van der Waals surface area contributed by atoms with Gasteiger partial charge in [0.25, 0.3) is 0 Å². The number of para-hydroxylation sites is 1. The van der Waals surface area contributed by atoms with E-state index in [9.17, 15) is 0 Å². The minimum absolute atomic E-state index is 0.367. The molecule has 0 saturated heterocycles.